The average molecular weight is 370 g/mol. The zero-order chi connectivity index (χ0) is 18.4. The maximum Gasteiger partial charge on any atom is 0.326 e. The van der Waals surface area contributed by atoms with Crippen molar-refractivity contribution in [2.45, 2.75) is 49.3 Å². The van der Waals surface area contributed by atoms with Crippen molar-refractivity contribution in [3.8, 4) is 0 Å². The molecular formula is C16H22N2O6S. The topological polar surface area (TPSA) is 108 Å². The molecule has 2 aliphatic rings. The van der Waals surface area contributed by atoms with Crippen LogP contribution in [0.2, 0.25) is 0 Å². The number of hydrogen-bond donors (Lipinski definition) is 1. The molecule has 0 bridgehead atoms. The predicted octanol–water partition coefficient (Wildman–Crippen LogP) is 1.39. The molecule has 138 valence electrons. The number of carbonyl (C=O) groups is 2. The van der Waals surface area contributed by atoms with E-state index in [9.17, 15) is 23.1 Å². The van der Waals surface area contributed by atoms with E-state index in [0.717, 1.165) is 30.0 Å². The summed E-state index contributed by atoms with van der Waals surface area (Å²) < 4.78 is 30.5. The van der Waals surface area contributed by atoms with Crippen LogP contribution in [0.4, 0.5) is 0 Å². The Hall–Kier alpha value is -1.87. The first kappa shape index (κ1) is 17.9. The van der Waals surface area contributed by atoms with Crippen LogP contribution in [0.3, 0.4) is 0 Å². The minimum absolute atomic E-state index is 0.124. The molecule has 0 aromatic carbocycles. The molecule has 2 heterocycles. The van der Waals surface area contributed by atoms with Gasteiger partial charge in [0.15, 0.2) is 5.76 Å². The minimum atomic E-state index is -3.79. The van der Waals surface area contributed by atoms with Gasteiger partial charge in [0, 0.05) is 20.1 Å². The molecule has 3 rings (SSSR count). The van der Waals surface area contributed by atoms with E-state index in [2.05, 4.69) is 0 Å². The van der Waals surface area contributed by atoms with Crippen molar-refractivity contribution >= 4 is 21.9 Å². The van der Waals surface area contributed by atoms with Crippen LogP contribution < -0.4 is 0 Å². The lowest BCUT2D eigenvalue weighted by Crippen LogP contribution is -2.46. The molecule has 1 amide bonds. The number of fused-ring (bicyclic) bond motifs is 1. The molecule has 1 aliphatic carbocycles. The number of sulfonamides is 1. The molecule has 1 N–H and O–H groups in total. The SMILES string of the molecule is CN(C)S(=O)(=O)c1ccc(C(=O)N2C(C(=O)O)CC3CCCCC32)o1. The van der Waals surface area contributed by atoms with Crippen LogP contribution in [0.15, 0.2) is 21.6 Å². The number of furan rings is 1. The van der Waals surface area contributed by atoms with Gasteiger partial charge < -0.3 is 14.4 Å². The van der Waals surface area contributed by atoms with E-state index in [1.807, 2.05) is 0 Å². The van der Waals surface area contributed by atoms with Crippen molar-refractivity contribution in [2.75, 3.05) is 14.1 Å². The van der Waals surface area contributed by atoms with E-state index in [4.69, 9.17) is 4.42 Å². The van der Waals surface area contributed by atoms with Gasteiger partial charge in [0.25, 0.3) is 15.9 Å². The van der Waals surface area contributed by atoms with Gasteiger partial charge in [-0.25, -0.2) is 17.5 Å². The summed E-state index contributed by atoms with van der Waals surface area (Å²) in [7, 11) is -1.05. The van der Waals surface area contributed by atoms with Crippen LogP contribution in [-0.4, -0.2) is 60.8 Å². The molecule has 3 atom stereocenters. The van der Waals surface area contributed by atoms with Crippen LogP contribution in [0.25, 0.3) is 0 Å². The quantitative estimate of drug-likeness (QED) is 0.858. The molecule has 2 fully saturated rings. The Morgan fingerprint density at radius 3 is 2.56 bits per heavy atom. The first-order valence-corrected chi connectivity index (χ1v) is 9.75. The molecule has 3 unspecified atom stereocenters. The zero-order valence-electron chi connectivity index (χ0n) is 14.2. The molecule has 1 saturated carbocycles. The fraction of sp³-hybridized carbons (Fsp3) is 0.625. The third-order valence-corrected chi connectivity index (χ3v) is 6.82. The molecule has 1 aromatic rings. The third kappa shape index (κ3) is 3.06. The number of amides is 1. The second-order valence-electron chi connectivity index (χ2n) is 6.82. The highest BCUT2D eigenvalue weighted by molar-refractivity contribution is 7.88. The van der Waals surface area contributed by atoms with Gasteiger partial charge >= 0.3 is 5.97 Å². The number of carboxylic acid groups (broad SMARTS) is 1. The van der Waals surface area contributed by atoms with Gasteiger partial charge in [0.1, 0.15) is 6.04 Å². The van der Waals surface area contributed by atoms with E-state index in [1.54, 1.807) is 0 Å². The average Bonchev–Trinajstić information content (AvgIpc) is 3.19. The van der Waals surface area contributed by atoms with Crippen molar-refractivity contribution in [1.82, 2.24) is 9.21 Å². The number of rotatable bonds is 4. The number of carbonyl (C=O) groups excluding carboxylic acids is 1. The van der Waals surface area contributed by atoms with Crippen molar-refractivity contribution in [3.05, 3.63) is 17.9 Å². The maximum atomic E-state index is 12.9. The van der Waals surface area contributed by atoms with Gasteiger partial charge in [-0.2, -0.15) is 0 Å². The summed E-state index contributed by atoms with van der Waals surface area (Å²) in [5.41, 5.74) is 0. The first-order valence-electron chi connectivity index (χ1n) is 8.31. The molecule has 0 radical (unpaired) electrons. The van der Waals surface area contributed by atoms with Gasteiger partial charge in [-0.05, 0) is 37.3 Å². The van der Waals surface area contributed by atoms with Gasteiger partial charge in [-0.15, -0.1) is 0 Å². The maximum absolute atomic E-state index is 12.9. The van der Waals surface area contributed by atoms with E-state index in [0.29, 0.717) is 6.42 Å². The smallest absolute Gasteiger partial charge is 0.326 e. The fourth-order valence-corrected chi connectivity index (χ4v) is 4.65. The Kier molecular flexibility index (Phi) is 4.63. The van der Waals surface area contributed by atoms with Crippen LogP contribution in [0.1, 0.15) is 42.7 Å². The standard InChI is InChI=1S/C16H22N2O6S/c1-17(2)25(22,23)14-8-7-13(24-14)15(19)18-11-6-4-3-5-10(11)9-12(18)16(20)21/h7-8,10-12H,3-6,9H2,1-2H3,(H,20,21). The molecule has 0 spiro atoms. The Morgan fingerprint density at radius 2 is 1.92 bits per heavy atom. The van der Waals surface area contributed by atoms with Crippen molar-refractivity contribution in [1.29, 1.82) is 0 Å². The number of aliphatic carboxylic acids is 1. The lowest BCUT2D eigenvalue weighted by Gasteiger charge is -2.32. The molecule has 25 heavy (non-hydrogen) atoms. The van der Waals surface area contributed by atoms with E-state index >= 15 is 0 Å². The van der Waals surface area contributed by atoms with Gasteiger partial charge in [0.2, 0.25) is 5.09 Å². The van der Waals surface area contributed by atoms with Crippen molar-refractivity contribution in [2.24, 2.45) is 5.92 Å². The van der Waals surface area contributed by atoms with Gasteiger partial charge in [-0.3, -0.25) is 4.79 Å². The lowest BCUT2D eigenvalue weighted by atomic mass is 9.84. The Morgan fingerprint density at radius 1 is 1.24 bits per heavy atom. The summed E-state index contributed by atoms with van der Waals surface area (Å²) in [6, 6.07) is 1.52. The normalized spacial score (nSPS) is 26.7. The van der Waals surface area contributed by atoms with Crippen LogP contribution >= 0.6 is 0 Å². The van der Waals surface area contributed by atoms with Gasteiger partial charge in [0.05, 0.1) is 0 Å². The van der Waals surface area contributed by atoms with Crippen LogP contribution in [0, 0.1) is 5.92 Å². The van der Waals surface area contributed by atoms with E-state index < -0.39 is 27.9 Å². The van der Waals surface area contributed by atoms with Crippen molar-refractivity contribution in [3.63, 3.8) is 0 Å². The summed E-state index contributed by atoms with van der Waals surface area (Å²) in [6.45, 7) is 0. The largest absolute Gasteiger partial charge is 0.480 e. The second kappa shape index (κ2) is 6.45. The molecule has 1 aromatic heterocycles. The molecular weight excluding hydrogens is 348 g/mol. The number of likely N-dealkylation sites (tertiary alicyclic amines) is 1. The molecule has 9 heteroatoms. The van der Waals surface area contributed by atoms with E-state index in [1.165, 1.54) is 31.1 Å². The molecule has 1 saturated heterocycles. The summed E-state index contributed by atoms with van der Waals surface area (Å²) in [4.78, 5) is 25.9. The Labute approximate surface area is 146 Å². The van der Waals surface area contributed by atoms with Crippen LogP contribution in [-0.2, 0) is 14.8 Å². The summed E-state index contributed by atoms with van der Waals surface area (Å²) in [5, 5.41) is 9.18. The third-order valence-electron chi connectivity index (χ3n) is 5.13. The highest BCUT2D eigenvalue weighted by Crippen LogP contribution is 2.40. The number of nitrogens with zero attached hydrogens (tertiary/aromatic N) is 2. The molecule has 8 nitrogen and oxygen atoms in total. The number of hydrogen-bond acceptors (Lipinski definition) is 5. The highest BCUT2D eigenvalue weighted by atomic mass is 32.2. The molecule has 1 aliphatic heterocycles. The fourth-order valence-electron chi connectivity index (χ4n) is 3.85. The monoisotopic (exact) mass is 370 g/mol. The first-order chi connectivity index (χ1) is 11.7. The predicted molar refractivity (Wildman–Crippen MR) is 87.5 cm³/mol. The minimum Gasteiger partial charge on any atom is -0.480 e. The summed E-state index contributed by atoms with van der Waals surface area (Å²) >= 11 is 0. The highest BCUT2D eigenvalue weighted by Gasteiger charge is 2.48. The lowest BCUT2D eigenvalue weighted by molar-refractivity contribution is -0.141. The summed E-state index contributed by atoms with van der Waals surface area (Å²) in [5.74, 6) is -1.55. The van der Waals surface area contributed by atoms with Crippen LogP contribution in [0.5, 0.6) is 0 Å². The summed E-state index contributed by atoms with van der Waals surface area (Å²) in [6.07, 6.45) is 4.12. The Bertz CT molecular complexity index is 784. The number of carboxylic acids is 1. The van der Waals surface area contributed by atoms with E-state index in [-0.39, 0.29) is 22.8 Å². The Balaban J connectivity index is 1.91. The second-order valence-corrected chi connectivity index (χ2v) is 8.90. The van der Waals surface area contributed by atoms with Gasteiger partial charge in [-0.1, -0.05) is 12.8 Å². The van der Waals surface area contributed by atoms with Crippen molar-refractivity contribution < 1.29 is 27.5 Å². The zero-order valence-corrected chi connectivity index (χ0v) is 15.0.